The molecule has 0 heterocycles. The highest BCUT2D eigenvalue weighted by molar-refractivity contribution is 6.02. The number of hydrogen-bond donors (Lipinski definition) is 0. The molecular formula is C11H11F3O. The molecule has 0 aliphatic rings. The number of hydrogen-bond acceptors (Lipinski definition) is 1. The smallest absolute Gasteiger partial charge is 0.287 e. The van der Waals surface area contributed by atoms with E-state index in [-0.39, 0.29) is 11.1 Å². The zero-order valence-corrected chi connectivity index (χ0v) is 8.70. The average molecular weight is 216 g/mol. The van der Waals surface area contributed by atoms with Crippen LogP contribution in [-0.4, -0.2) is 11.7 Å². The topological polar surface area (TPSA) is 17.1 Å². The summed E-state index contributed by atoms with van der Waals surface area (Å²) in [5, 5.41) is 0. The first kappa shape index (κ1) is 11.8. The molecule has 0 aliphatic heterocycles. The number of carbonyl (C=O) groups is 1. The molecule has 1 rings (SSSR count). The molecule has 0 fully saturated rings. The van der Waals surface area contributed by atoms with E-state index in [0.29, 0.717) is 12.5 Å². The number of benzene rings is 1. The highest BCUT2D eigenvalue weighted by Gasteiger charge is 2.34. The van der Waals surface area contributed by atoms with Crippen LogP contribution in [0.25, 0.3) is 0 Å². The predicted octanol–water partition coefficient (Wildman–Crippen LogP) is 3.28. The maximum Gasteiger partial charge on any atom is 0.307 e. The highest BCUT2D eigenvalue weighted by Crippen LogP contribution is 2.23. The maximum absolute atomic E-state index is 13.2. The summed E-state index contributed by atoms with van der Waals surface area (Å²) in [6.07, 6.45) is 0. The van der Waals surface area contributed by atoms with E-state index in [1.54, 1.807) is 6.92 Å². The Morgan fingerprint density at radius 2 is 1.80 bits per heavy atom. The number of aryl methyl sites for hydroxylation is 1. The molecule has 0 N–H and O–H groups in total. The lowest BCUT2D eigenvalue weighted by Gasteiger charge is -2.12. The van der Waals surface area contributed by atoms with Gasteiger partial charge in [-0.3, -0.25) is 4.79 Å². The van der Waals surface area contributed by atoms with Gasteiger partial charge in [0, 0.05) is 12.5 Å². The van der Waals surface area contributed by atoms with Gasteiger partial charge < -0.3 is 0 Å². The van der Waals surface area contributed by atoms with Crippen molar-refractivity contribution >= 4 is 5.78 Å². The first-order valence-corrected chi connectivity index (χ1v) is 4.43. The van der Waals surface area contributed by atoms with E-state index in [1.807, 2.05) is 0 Å². The van der Waals surface area contributed by atoms with Gasteiger partial charge in [-0.05, 0) is 37.1 Å². The molecule has 1 nitrogen and oxygen atoms in total. The minimum absolute atomic E-state index is 0.0351. The van der Waals surface area contributed by atoms with Crippen molar-refractivity contribution in [3.63, 3.8) is 0 Å². The van der Waals surface area contributed by atoms with Crippen molar-refractivity contribution in [2.75, 3.05) is 0 Å². The van der Waals surface area contributed by atoms with Crippen LogP contribution in [-0.2, 0) is 0 Å². The summed E-state index contributed by atoms with van der Waals surface area (Å²) in [5.74, 6) is -5.45. The van der Waals surface area contributed by atoms with Gasteiger partial charge in [0.15, 0.2) is 0 Å². The summed E-state index contributed by atoms with van der Waals surface area (Å²) in [6, 6.07) is 2.48. The van der Waals surface area contributed by atoms with Gasteiger partial charge in [-0.2, -0.15) is 8.78 Å². The Balaban J connectivity index is 3.32. The van der Waals surface area contributed by atoms with Crippen LogP contribution in [0.5, 0.6) is 0 Å². The molecule has 0 aliphatic carbocycles. The molecule has 1 aromatic rings. The molecule has 0 spiro atoms. The number of ketones is 1. The largest absolute Gasteiger partial charge is 0.307 e. The summed E-state index contributed by atoms with van der Waals surface area (Å²) in [5.41, 5.74) is 0.165. The standard InChI is InChI=1S/C11H11F3O/c1-6-4-8(7(2)9(12)5-6)10(15)11(3,13)14/h4-5H,1-3H3. The summed E-state index contributed by atoms with van der Waals surface area (Å²) in [7, 11) is 0. The SMILES string of the molecule is Cc1cc(F)c(C)c(C(=O)C(C)(F)F)c1. The van der Waals surface area contributed by atoms with Crippen LogP contribution in [0.3, 0.4) is 0 Å². The van der Waals surface area contributed by atoms with Gasteiger partial charge in [0.05, 0.1) is 0 Å². The minimum atomic E-state index is -3.47. The van der Waals surface area contributed by atoms with Crippen molar-refractivity contribution in [3.05, 3.63) is 34.6 Å². The second-order valence-electron chi connectivity index (χ2n) is 3.64. The van der Waals surface area contributed by atoms with Crippen molar-refractivity contribution in [2.45, 2.75) is 26.7 Å². The van der Waals surface area contributed by atoms with Crippen LogP contribution in [0.15, 0.2) is 12.1 Å². The van der Waals surface area contributed by atoms with Gasteiger partial charge in [-0.15, -0.1) is 0 Å². The van der Waals surface area contributed by atoms with Crippen LogP contribution in [0, 0.1) is 19.7 Å². The molecule has 0 aromatic heterocycles. The zero-order chi connectivity index (χ0) is 11.8. The quantitative estimate of drug-likeness (QED) is 0.693. The van der Waals surface area contributed by atoms with Gasteiger partial charge in [0.2, 0.25) is 5.78 Å². The van der Waals surface area contributed by atoms with E-state index in [1.165, 1.54) is 19.1 Å². The Morgan fingerprint density at radius 1 is 1.27 bits per heavy atom. The van der Waals surface area contributed by atoms with Crippen LogP contribution < -0.4 is 0 Å². The second kappa shape index (κ2) is 3.68. The van der Waals surface area contributed by atoms with Crippen molar-refractivity contribution in [1.29, 1.82) is 0 Å². The van der Waals surface area contributed by atoms with E-state index in [4.69, 9.17) is 0 Å². The molecule has 82 valence electrons. The lowest BCUT2D eigenvalue weighted by molar-refractivity contribution is 0.0220. The number of rotatable bonds is 2. The fraction of sp³-hybridized carbons (Fsp3) is 0.364. The number of halogens is 3. The van der Waals surface area contributed by atoms with E-state index in [9.17, 15) is 18.0 Å². The Bertz CT molecular complexity index is 405. The molecule has 0 bridgehead atoms. The highest BCUT2D eigenvalue weighted by atomic mass is 19.3. The Labute approximate surface area is 85.9 Å². The number of Topliss-reactive ketones (excluding diaryl/α,β-unsaturated/α-hetero) is 1. The molecule has 0 saturated heterocycles. The van der Waals surface area contributed by atoms with Crippen molar-refractivity contribution in [1.82, 2.24) is 0 Å². The summed E-state index contributed by atoms with van der Waals surface area (Å²) >= 11 is 0. The first-order valence-electron chi connectivity index (χ1n) is 4.43. The first-order chi connectivity index (χ1) is 6.73. The molecule has 15 heavy (non-hydrogen) atoms. The van der Waals surface area contributed by atoms with E-state index in [2.05, 4.69) is 0 Å². The van der Waals surface area contributed by atoms with Crippen LogP contribution >= 0.6 is 0 Å². The molecule has 4 heteroatoms. The molecule has 0 unspecified atom stereocenters. The third-order valence-electron chi connectivity index (χ3n) is 2.13. The van der Waals surface area contributed by atoms with Crippen LogP contribution in [0.4, 0.5) is 13.2 Å². The zero-order valence-electron chi connectivity index (χ0n) is 8.70. The van der Waals surface area contributed by atoms with Crippen molar-refractivity contribution in [2.24, 2.45) is 0 Å². The van der Waals surface area contributed by atoms with Crippen molar-refractivity contribution in [3.8, 4) is 0 Å². The van der Waals surface area contributed by atoms with Gasteiger partial charge >= 0.3 is 5.92 Å². The normalized spacial score (nSPS) is 11.6. The molecule has 1 aromatic carbocycles. The second-order valence-corrected chi connectivity index (χ2v) is 3.64. The molecular weight excluding hydrogens is 205 g/mol. The Morgan fingerprint density at radius 3 is 2.27 bits per heavy atom. The Kier molecular flexibility index (Phi) is 2.88. The van der Waals surface area contributed by atoms with E-state index < -0.39 is 17.5 Å². The number of carbonyl (C=O) groups excluding carboxylic acids is 1. The van der Waals surface area contributed by atoms with Gasteiger partial charge in [0.1, 0.15) is 5.82 Å². The number of alkyl halides is 2. The van der Waals surface area contributed by atoms with Crippen molar-refractivity contribution < 1.29 is 18.0 Å². The molecule has 0 amide bonds. The average Bonchev–Trinajstić information content (AvgIpc) is 2.08. The fourth-order valence-electron chi connectivity index (χ4n) is 1.29. The molecule has 0 atom stereocenters. The fourth-order valence-corrected chi connectivity index (χ4v) is 1.29. The van der Waals surface area contributed by atoms with E-state index in [0.717, 1.165) is 0 Å². The predicted molar refractivity (Wildman–Crippen MR) is 50.8 cm³/mol. The summed E-state index contributed by atoms with van der Waals surface area (Å²) < 4.78 is 38.7. The van der Waals surface area contributed by atoms with Gasteiger partial charge in [-0.1, -0.05) is 0 Å². The lowest BCUT2D eigenvalue weighted by atomic mass is 9.98. The lowest BCUT2D eigenvalue weighted by Crippen LogP contribution is -2.25. The van der Waals surface area contributed by atoms with Crippen LogP contribution in [0.1, 0.15) is 28.4 Å². The third-order valence-corrected chi connectivity index (χ3v) is 2.13. The summed E-state index contributed by atoms with van der Waals surface area (Å²) in [4.78, 5) is 11.3. The Hall–Kier alpha value is -1.32. The molecule has 0 saturated carbocycles. The van der Waals surface area contributed by atoms with E-state index >= 15 is 0 Å². The third kappa shape index (κ3) is 2.37. The monoisotopic (exact) mass is 216 g/mol. The molecule has 0 radical (unpaired) electrons. The maximum atomic E-state index is 13.2. The summed E-state index contributed by atoms with van der Waals surface area (Å²) in [6.45, 7) is 3.37. The van der Waals surface area contributed by atoms with Crippen LogP contribution in [0.2, 0.25) is 0 Å². The van der Waals surface area contributed by atoms with Gasteiger partial charge in [0.25, 0.3) is 0 Å². The van der Waals surface area contributed by atoms with Gasteiger partial charge in [-0.25, -0.2) is 4.39 Å². The minimum Gasteiger partial charge on any atom is -0.287 e.